The highest BCUT2D eigenvalue weighted by molar-refractivity contribution is 7.80. The van der Waals surface area contributed by atoms with Crippen LogP contribution in [0.25, 0.3) is 0 Å². The number of thiocarbonyl (C=S) groups is 1. The van der Waals surface area contributed by atoms with Crippen molar-refractivity contribution in [2.45, 2.75) is 76.9 Å². The van der Waals surface area contributed by atoms with Gasteiger partial charge in [0.05, 0.1) is 0 Å². The molecule has 178 valence electrons. The minimum Gasteiger partial charge on any atom is -0.466 e. The van der Waals surface area contributed by atoms with Crippen LogP contribution in [0.2, 0.25) is 0 Å². The number of hydrogen-bond acceptors (Lipinski definition) is 3. The Bertz CT molecular complexity index is 878. The third-order valence-electron chi connectivity index (χ3n) is 6.46. The van der Waals surface area contributed by atoms with Gasteiger partial charge in [-0.2, -0.15) is 0 Å². The average molecular weight is 465 g/mol. The van der Waals surface area contributed by atoms with E-state index in [-0.39, 0.29) is 28.9 Å². The van der Waals surface area contributed by atoms with Crippen LogP contribution in [0.5, 0.6) is 0 Å². The molecule has 0 aromatic heterocycles. The summed E-state index contributed by atoms with van der Waals surface area (Å²) >= 11 is 5.34. The lowest BCUT2D eigenvalue weighted by Gasteiger charge is -2.27. The monoisotopic (exact) mass is 464 g/mol. The molecule has 1 fully saturated rings. The first-order valence-corrected chi connectivity index (χ1v) is 12.4. The minimum atomic E-state index is 0.0602. The van der Waals surface area contributed by atoms with Gasteiger partial charge >= 0.3 is 0 Å². The summed E-state index contributed by atoms with van der Waals surface area (Å²) in [5, 5.41) is 7.24. The van der Waals surface area contributed by atoms with E-state index in [1.54, 1.807) is 6.08 Å². The van der Waals surface area contributed by atoms with Gasteiger partial charge in [0, 0.05) is 31.5 Å². The van der Waals surface area contributed by atoms with Gasteiger partial charge in [0.15, 0.2) is 0 Å². The van der Waals surface area contributed by atoms with Crippen LogP contribution in [0, 0.1) is 0 Å². The van der Waals surface area contributed by atoms with Gasteiger partial charge in [-0.1, -0.05) is 96.1 Å². The Morgan fingerprint density at radius 2 is 1.48 bits per heavy atom. The highest BCUT2D eigenvalue weighted by atomic mass is 32.1. The van der Waals surface area contributed by atoms with E-state index in [2.05, 4.69) is 107 Å². The van der Waals surface area contributed by atoms with E-state index in [0.29, 0.717) is 11.7 Å². The molecule has 0 bridgehead atoms. The lowest BCUT2D eigenvalue weighted by Crippen LogP contribution is -2.30. The Hall–Kier alpha value is -2.17. The first-order valence-electron chi connectivity index (χ1n) is 12.0. The van der Waals surface area contributed by atoms with Crippen molar-refractivity contribution >= 4 is 17.4 Å². The number of hydrogen-bond donors (Lipinski definition) is 2. The summed E-state index contributed by atoms with van der Waals surface area (Å²) in [6.45, 7) is 18.7. The zero-order valence-corrected chi connectivity index (χ0v) is 21.9. The van der Waals surface area contributed by atoms with Gasteiger partial charge in [-0.05, 0) is 45.3 Å². The fourth-order valence-electron chi connectivity index (χ4n) is 4.46. The van der Waals surface area contributed by atoms with E-state index in [1.165, 1.54) is 22.3 Å². The molecule has 0 unspecified atom stereocenters. The Kier molecular flexibility index (Phi) is 8.02. The molecule has 3 nitrogen and oxygen atoms in total. The van der Waals surface area contributed by atoms with Crippen LogP contribution in [-0.4, -0.2) is 30.4 Å². The van der Waals surface area contributed by atoms with Crippen LogP contribution >= 0.6 is 12.2 Å². The highest BCUT2D eigenvalue weighted by Crippen LogP contribution is 2.35. The van der Waals surface area contributed by atoms with Gasteiger partial charge < -0.3 is 15.4 Å². The molecule has 2 aromatic rings. The van der Waals surface area contributed by atoms with Crippen LogP contribution in [0.15, 0.2) is 61.2 Å². The second-order valence-electron chi connectivity index (χ2n) is 11.2. The lowest BCUT2D eigenvalue weighted by molar-refractivity contribution is 0.202. The van der Waals surface area contributed by atoms with E-state index in [1.807, 2.05) is 0 Å². The second-order valence-corrected chi connectivity index (χ2v) is 11.5. The Labute approximate surface area is 206 Å². The summed E-state index contributed by atoms with van der Waals surface area (Å²) in [5.74, 6) is 0.247. The Morgan fingerprint density at radius 3 is 1.91 bits per heavy atom. The molecule has 2 N–H and O–H groups in total. The molecule has 0 amide bonds. The predicted octanol–water partition coefficient (Wildman–Crippen LogP) is 6.22. The fourth-order valence-corrected chi connectivity index (χ4v) is 4.68. The highest BCUT2D eigenvalue weighted by Gasteiger charge is 2.34. The Balaban J connectivity index is 1.86. The molecule has 33 heavy (non-hydrogen) atoms. The van der Waals surface area contributed by atoms with Crippen LogP contribution in [0.4, 0.5) is 0 Å². The lowest BCUT2D eigenvalue weighted by atomic mass is 9.80. The van der Waals surface area contributed by atoms with E-state index in [9.17, 15) is 0 Å². The maximum atomic E-state index is 6.00. The van der Waals surface area contributed by atoms with Crippen molar-refractivity contribution in [1.29, 1.82) is 0 Å². The molecule has 2 atom stereocenters. The van der Waals surface area contributed by atoms with Crippen molar-refractivity contribution in [3.05, 3.63) is 83.4 Å². The second kappa shape index (κ2) is 10.4. The maximum Gasteiger partial charge on any atom is 0.257 e. The van der Waals surface area contributed by atoms with Gasteiger partial charge in [-0.25, -0.2) is 0 Å². The first kappa shape index (κ1) is 25.5. The zero-order valence-electron chi connectivity index (χ0n) is 21.1. The molecule has 3 rings (SSSR count). The summed E-state index contributed by atoms with van der Waals surface area (Å²) in [6, 6.07) is 18.6. The van der Waals surface area contributed by atoms with Gasteiger partial charge in [0.2, 0.25) is 0 Å². The Morgan fingerprint density at radius 1 is 1.00 bits per heavy atom. The SMILES string of the molecule is C=CCNC(=S)O[C@H]1CN[C@@H](C(c2ccc(C(C)(C)C)cc2)c2ccc(C(C)(C)C)cc2)C1. The molecular weight excluding hydrogens is 424 g/mol. The summed E-state index contributed by atoms with van der Waals surface area (Å²) < 4.78 is 6.00. The van der Waals surface area contributed by atoms with Gasteiger partial charge in [-0.15, -0.1) is 6.58 Å². The maximum absolute atomic E-state index is 6.00. The van der Waals surface area contributed by atoms with E-state index in [4.69, 9.17) is 17.0 Å². The molecule has 2 aromatic carbocycles. The molecule has 1 aliphatic heterocycles. The standard InChI is InChI=1S/C29H40N2OS/c1-8-17-30-27(33)32-24-18-25(31-19-24)26(20-9-13-22(14-10-20)28(2,3)4)21-11-15-23(16-12-21)29(5,6)7/h8-16,24-26,31H,1,17-19H2,2-7H3,(H,30,33)/t24-,25-/m1/s1. The van der Waals surface area contributed by atoms with Crippen molar-refractivity contribution in [2.75, 3.05) is 13.1 Å². The van der Waals surface area contributed by atoms with Crippen molar-refractivity contribution < 1.29 is 4.74 Å². The minimum absolute atomic E-state index is 0.0602. The van der Waals surface area contributed by atoms with E-state index in [0.717, 1.165) is 13.0 Å². The molecular formula is C29H40N2OS. The summed E-state index contributed by atoms with van der Waals surface area (Å²) in [7, 11) is 0. The zero-order chi connectivity index (χ0) is 24.2. The first-order chi connectivity index (χ1) is 15.5. The third kappa shape index (κ3) is 6.68. The van der Waals surface area contributed by atoms with Gasteiger partial charge in [0.25, 0.3) is 5.17 Å². The quantitative estimate of drug-likeness (QED) is 0.393. The molecule has 4 heteroatoms. The summed E-state index contributed by atoms with van der Waals surface area (Å²) in [4.78, 5) is 0. The fraction of sp³-hybridized carbons (Fsp3) is 0.483. The normalized spacial score (nSPS) is 18.9. The van der Waals surface area contributed by atoms with E-state index >= 15 is 0 Å². The molecule has 1 aliphatic rings. The van der Waals surface area contributed by atoms with Crippen LogP contribution in [0.1, 0.15) is 76.1 Å². The van der Waals surface area contributed by atoms with Crippen molar-refractivity contribution in [3.63, 3.8) is 0 Å². The average Bonchev–Trinajstić information content (AvgIpc) is 3.19. The summed E-state index contributed by atoms with van der Waals surface area (Å²) in [6.07, 6.45) is 2.75. The molecule has 0 saturated carbocycles. The number of rotatable bonds is 6. The largest absolute Gasteiger partial charge is 0.466 e. The van der Waals surface area contributed by atoms with Crippen molar-refractivity contribution in [2.24, 2.45) is 0 Å². The smallest absolute Gasteiger partial charge is 0.257 e. The number of ether oxygens (including phenoxy) is 1. The molecule has 1 saturated heterocycles. The number of nitrogens with one attached hydrogen (secondary N) is 2. The van der Waals surface area contributed by atoms with E-state index < -0.39 is 0 Å². The summed E-state index contributed by atoms with van der Waals surface area (Å²) in [5.41, 5.74) is 5.65. The molecule has 0 radical (unpaired) electrons. The third-order valence-corrected chi connectivity index (χ3v) is 6.70. The van der Waals surface area contributed by atoms with Crippen LogP contribution in [-0.2, 0) is 15.6 Å². The molecule has 0 spiro atoms. The molecule has 0 aliphatic carbocycles. The number of benzene rings is 2. The van der Waals surface area contributed by atoms with Crippen LogP contribution < -0.4 is 10.6 Å². The topological polar surface area (TPSA) is 33.3 Å². The molecule has 1 heterocycles. The van der Waals surface area contributed by atoms with Gasteiger partial charge in [-0.3, -0.25) is 0 Å². The van der Waals surface area contributed by atoms with Gasteiger partial charge in [0.1, 0.15) is 6.10 Å². The predicted molar refractivity (Wildman–Crippen MR) is 144 cm³/mol. The van der Waals surface area contributed by atoms with Crippen molar-refractivity contribution in [3.8, 4) is 0 Å². The van der Waals surface area contributed by atoms with Crippen molar-refractivity contribution in [1.82, 2.24) is 10.6 Å². The van der Waals surface area contributed by atoms with Crippen LogP contribution in [0.3, 0.4) is 0 Å².